The molecule has 0 saturated carbocycles. The molecule has 0 unspecified atom stereocenters. The van der Waals surface area contributed by atoms with Gasteiger partial charge in [-0.1, -0.05) is 31.5 Å². The molecule has 5 nitrogen and oxygen atoms in total. The number of carbonyl (C=O) groups is 1. The second-order valence-corrected chi connectivity index (χ2v) is 7.85. The summed E-state index contributed by atoms with van der Waals surface area (Å²) in [7, 11) is -3.59. The maximum absolute atomic E-state index is 12.5. The largest absolute Gasteiger partial charge is 0.341 e. The van der Waals surface area contributed by atoms with Gasteiger partial charge in [-0.25, -0.2) is 8.42 Å². The topological polar surface area (TPSA) is 57.7 Å². The number of hydrogen-bond donors (Lipinski definition) is 0. The van der Waals surface area contributed by atoms with Gasteiger partial charge in [0.25, 0.3) is 0 Å². The zero-order valence-electron chi connectivity index (χ0n) is 14.2. The number of anilines is 1. The first-order valence-electron chi connectivity index (χ1n) is 7.72. The molecule has 130 valence electrons. The summed E-state index contributed by atoms with van der Waals surface area (Å²) in [4.78, 5) is 14.2. The highest BCUT2D eigenvalue weighted by molar-refractivity contribution is 7.92. The average molecular weight is 361 g/mol. The van der Waals surface area contributed by atoms with Gasteiger partial charge < -0.3 is 4.90 Å². The Bertz CT molecular complexity index is 641. The summed E-state index contributed by atoms with van der Waals surface area (Å²) in [5.74, 6) is -0.196. The maximum Gasteiger partial charge on any atom is 0.243 e. The Morgan fingerprint density at radius 1 is 1.17 bits per heavy atom. The number of halogens is 1. The lowest BCUT2D eigenvalue weighted by Gasteiger charge is -2.28. The van der Waals surface area contributed by atoms with Crippen LogP contribution in [-0.4, -0.2) is 45.1 Å². The molecular weight excluding hydrogens is 336 g/mol. The van der Waals surface area contributed by atoms with Crippen LogP contribution in [0.2, 0.25) is 5.02 Å². The lowest BCUT2D eigenvalue weighted by Crippen LogP contribution is -2.43. The number of sulfonamides is 1. The molecule has 0 radical (unpaired) electrons. The van der Waals surface area contributed by atoms with E-state index in [0.29, 0.717) is 29.4 Å². The van der Waals surface area contributed by atoms with Crippen LogP contribution in [0.1, 0.15) is 32.3 Å². The Kier molecular flexibility index (Phi) is 7.35. The Balaban J connectivity index is 3.14. The number of rotatable bonds is 8. The second-order valence-electron chi connectivity index (χ2n) is 5.53. The predicted molar refractivity (Wildman–Crippen MR) is 95.5 cm³/mol. The Morgan fingerprint density at radius 2 is 1.74 bits per heavy atom. The molecule has 0 fully saturated rings. The molecule has 0 aliphatic heterocycles. The molecule has 0 heterocycles. The zero-order chi connectivity index (χ0) is 17.6. The third kappa shape index (κ3) is 5.39. The summed E-state index contributed by atoms with van der Waals surface area (Å²) < 4.78 is 25.5. The van der Waals surface area contributed by atoms with Gasteiger partial charge in [-0.2, -0.15) is 0 Å². The first kappa shape index (κ1) is 19.8. The van der Waals surface area contributed by atoms with Crippen molar-refractivity contribution in [3.63, 3.8) is 0 Å². The Morgan fingerprint density at radius 3 is 2.22 bits per heavy atom. The summed E-state index contributed by atoms with van der Waals surface area (Å²) in [6.45, 7) is 6.77. The summed E-state index contributed by atoms with van der Waals surface area (Å²) in [6, 6.07) is 5.05. The molecule has 0 saturated heterocycles. The summed E-state index contributed by atoms with van der Waals surface area (Å²) >= 11 is 6.09. The van der Waals surface area contributed by atoms with E-state index in [1.807, 2.05) is 13.8 Å². The molecule has 0 bridgehead atoms. The van der Waals surface area contributed by atoms with Crippen LogP contribution < -0.4 is 4.31 Å². The lowest BCUT2D eigenvalue weighted by atomic mass is 10.2. The second kappa shape index (κ2) is 8.55. The van der Waals surface area contributed by atoms with Gasteiger partial charge in [-0.05, 0) is 37.5 Å². The van der Waals surface area contributed by atoms with E-state index in [1.165, 1.54) is 0 Å². The standard InChI is InChI=1S/C16H25ClN2O3S/c1-5-10-18(11-6-2)16(20)12-19(23(4,21)22)15-9-7-8-14(17)13(15)3/h7-9H,5-6,10-12H2,1-4H3. The van der Waals surface area contributed by atoms with Gasteiger partial charge >= 0.3 is 0 Å². The van der Waals surface area contributed by atoms with E-state index in [9.17, 15) is 13.2 Å². The number of carbonyl (C=O) groups excluding carboxylic acids is 1. The molecule has 0 spiro atoms. The van der Waals surface area contributed by atoms with Crippen molar-refractivity contribution in [2.45, 2.75) is 33.6 Å². The van der Waals surface area contributed by atoms with E-state index < -0.39 is 10.0 Å². The molecular formula is C16H25ClN2O3S. The molecule has 0 aromatic heterocycles. The van der Waals surface area contributed by atoms with Gasteiger partial charge in [0.2, 0.25) is 15.9 Å². The molecule has 1 aromatic rings. The third-order valence-electron chi connectivity index (χ3n) is 3.53. The SMILES string of the molecule is CCCN(CCC)C(=O)CN(c1cccc(Cl)c1C)S(C)(=O)=O. The first-order chi connectivity index (χ1) is 10.7. The monoisotopic (exact) mass is 360 g/mol. The summed E-state index contributed by atoms with van der Waals surface area (Å²) in [5.41, 5.74) is 1.09. The van der Waals surface area contributed by atoms with Gasteiger partial charge in [0.1, 0.15) is 6.54 Å². The fourth-order valence-electron chi connectivity index (χ4n) is 2.37. The molecule has 0 atom stereocenters. The molecule has 0 aliphatic carbocycles. The number of nitrogens with zero attached hydrogens (tertiary/aromatic N) is 2. The molecule has 0 N–H and O–H groups in total. The summed E-state index contributed by atoms with van der Waals surface area (Å²) in [5, 5.41) is 0.475. The minimum Gasteiger partial charge on any atom is -0.341 e. The van der Waals surface area contributed by atoms with Gasteiger partial charge in [0, 0.05) is 18.1 Å². The van der Waals surface area contributed by atoms with Crippen LogP contribution >= 0.6 is 11.6 Å². The van der Waals surface area contributed by atoms with E-state index in [2.05, 4.69) is 0 Å². The molecule has 23 heavy (non-hydrogen) atoms. The fraction of sp³-hybridized carbons (Fsp3) is 0.562. The van der Waals surface area contributed by atoms with E-state index >= 15 is 0 Å². The summed E-state index contributed by atoms with van der Waals surface area (Å²) in [6.07, 6.45) is 2.77. The van der Waals surface area contributed by atoms with Gasteiger partial charge in [-0.3, -0.25) is 9.10 Å². The third-order valence-corrected chi connectivity index (χ3v) is 5.06. The predicted octanol–water partition coefficient (Wildman–Crippen LogP) is 3.06. The minimum absolute atomic E-state index is 0.196. The Hall–Kier alpha value is -1.27. The van der Waals surface area contributed by atoms with Crippen LogP contribution in [0.15, 0.2) is 18.2 Å². The van der Waals surface area contributed by atoms with E-state index in [1.54, 1.807) is 30.0 Å². The molecule has 7 heteroatoms. The zero-order valence-corrected chi connectivity index (χ0v) is 15.7. The highest BCUT2D eigenvalue weighted by atomic mass is 35.5. The van der Waals surface area contributed by atoms with Crippen molar-refractivity contribution in [3.05, 3.63) is 28.8 Å². The van der Waals surface area contributed by atoms with Crippen molar-refractivity contribution < 1.29 is 13.2 Å². The van der Waals surface area contributed by atoms with Gasteiger partial charge in [0.15, 0.2) is 0 Å². The number of hydrogen-bond acceptors (Lipinski definition) is 3. The number of amides is 1. The normalized spacial score (nSPS) is 11.3. The van der Waals surface area contributed by atoms with Crippen LogP contribution in [0.25, 0.3) is 0 Å². The Labute approximate surface area is 144 Å². The highest BCUT2D eigenvalue weighted by Gasteiger charge is 2.25. The van der Waals surface area contributed by atoms with E-state index in [4.69, 9.17) is 11.6 Å². The van der Waals surface area contributed by atoms with E-state index in [-0.39, 0.29) is 12.5 Å². The van der Waals surface area contributed by atoms with Crippen LogP contribution in [0.3, 0.4) is 0 Å². The van der Waals surface area contributed by atoms with Gasteiger partial charge in [0.05, 0.1) is 11.9 Å². The van der Waals surface area contributed by atoms with Gasteiger partial charge in [-0.15, -0.1) is 0 Å². The smallest absolute Gasteiger partial charge is 0.243 e. The van der Waals surface area contributed by atoms with Crippen molar-refractivity contribution in [1.82, 2.24) is 4.90 Å². The molecule has 1 aromatic carbocycles. The molecule has 0 aliphatic rings. The fourth-order valence-corrected chi connectivity index (χ4v) is 3.44. The van der Waals surface area contributed by atoms with Crippen LogP contribution in [-0.2, 0) is 14.8 Å². The minimum atomic E-state index is -3.59. The van der Waals surface area contributed by atoms with Crippen LogP contribution in [0.5, 0.6) is 0 Å². The van der Waals surface area contributed by atoms with Crippen LogP contribution in [0.4, 0.5) is 5.69 Å². The van der Waals surface area contributed by atoms with Crippen LogP contribution in [0, 0.1) is 6.92 Å². The lowest BCUT2D eigenvalue weighted by molar-refractivity contribution is -0.129. The number of benzene rings is 1. The molecule has 1 amide bonds. The quantitative estimate of drug-likeness (QED) is 0.715. The van der Waals surface area contributed by atoms with Crippen molar-refractivity contribution in [1.29, 1.82) is 0 Å². The molecule has 1 rings (SSSR count). The van der Waals surface area contributed by atoms with E-state index in [0.717, 1.165) is 23.4 Å². The first-order valence-corrected chi connectivity index (χ1v) is 9.95. The average Bonchev–Trinajstić information content (AvgIpc) is 2.46. The van der Waals surface area contributed by atoms with Crippen molar-refractivity contribution in [3.8, 4) is 0 Å². The van der Waals surface area contributed by atoms with Crippen molar-refractivity contribution in [2.75, 3.05) is 30.2 Å². The van der Waals surface area contributed by atoms with Crippen molar-refractivity contribution in [2.24, 2.45) is 0 Å². The maximum atomic E-state index is 12.5. The van der Waals surface area contributed by atoms with Crippen molar-refractivity contribution >= 4 is 33.2 Å². The highest BCUT2D eigenvalue weighted by Crippen LogP contribution is 2.28.